The van der Waals surface area contributed by atoms with Crippen LogP contribution in [0.5, 0.6) is 0 Å². The van der Waals surface area contributed by atoms with Gasteiger partial charge in [0, 0.05) is 11.3 Å². The molecule has 1 saturated heterocycles. The molecular weight excluding hydrogens is 244 g/mol. The summed E-state index contributed by atoms with van der Waals surface area (Å²) in [5.41, 5.74) is -0.177. The molecule has 16 heavy (non-hydrogen) atoms. The zero-order valence-electron chi connectivity index (χ0n) is 9.07. The van der Waals surface area contributed by atoms with E-state index in [1.165, 1.54) is 11.8 Å². The van der Waals surface area contributed by atoms with E-state index in [4.69, 9.17) is 0 Å². The Labute approximate surface area is 95.9 Å². The van der Waals surface area contributed by atoms with E-state index < -0.39 is 18.9 Å². The van der Waals surface area contributed by atoms with Crippen LogP contribution in [0, 0.1) is 0 Å². The van der Waals surface area contributed by atoms with Crippen molar-refractivity contribution in [2.24, 2.45) is 4.99 Å². The van der Waals surface area contributed by atoms with Crippen molar-refractivity contribution in [3.05, 3.63) is 0 Å². The Morgan fingerprint density at radius 2 is 2.19 bits per heavy atom. The molecule has 1 aliphatic rings. The molecular formula is C9H14F4N2S. The molecule has 0 bridgehead atoms. The molecule has 0 radical (unpaired) electrons. The standard InChI is InChI=1S/C9H14F4N2S/c1-3-8(2)5-16-7(15-8)14-4-9(12,13)6(10)11/h6H,3-5H2,1-2H3,(H,14,15). The van der Waals surface area contributed by atoms with E-state index in [0.717, 1.165) is 6.42 Å². The first kappa shape index (κ1) is 13.6. The average molecular weight is 258 g/mol. The van der Waals surface area contributed by atoms with Gasteiger partial charge in [-0.25, -0.2) is 8.78 Å². The Balaban J connectivity index is 2.55. The van der Waals surface area contributed by atoms with Gasteiger partial charge in [0.25, 0.3) is 0 Å². The second-order valence-corrected chi connectivity index (χ2v) is 4.98. The van der Waals surface area contributed by atoms with Crippen molar-refractivity contribution in [2.45, 2.75) is 38.2 Å². The number of nitrogens with one attached hydrogen (secondary N) is 1. The molecule has 0 aromatic rings. The highest BCUT2D eigenvalue weighted by Crippen LogP contribution is 2.27. The largest absolute Gasteiger partial charge is 0.359 e. The van der Waals surface area contributed by atoms with Gasteiger partial charge in [0.1, 0.15) is 6.54 Å². The number of alkyl halides is 4. The summed E-state index contributed by atoms with van der Waals surface area (Å²) in [5.74, 6) is -3.33. The number of rotatable bonds is 4. The summed E-state index contributed by atoms with van der Waals surface area (Å²) in [4.78, 5) is 3.50. The highest BCUT2D eigenvalue weighted by atomic mass is 32.2. The number of nitrogens with zero attached hydrogens (tertiary/aromatic N) is 1. The molecule has 0 aliphatic carbocycles. The number of amidine groups is 1. The van der Waals surface area contributed by atoms with E-state index in [1.54, 1.807) is 0 Å². The Kier molecular flexibility index (Phi) is 4.09. The summed E-state index contributed by atoms with van der Waals surface area (Å²) < 4.78 is 48.9. The quantitative estimate of drug-likeness (QED) is 0.784. The van der Waals surface area contributed by atoms with Gasteiger partial charge in [-0.15, -0.1) is 0 Å². The van der Waals surface area contributed by atoms with Crippen LogP contribution in [0.2, 0.25) is 0 Å². The fourth-order valence-corrected chi connectivity index (χ4v) is 2.29. The van der Waals surface area contributed by atoms with Gasteiger partial charge < -0.3 is 5.32 Å². The number of thioether (sulfide) groups is 1. The Hall–Kier alpha value is -0.460. The molecule has 7 heteroatoms. The van der Waals surface area contributed by atoms with Crippen LogP contribution < -0.4 is 5.32 Å². The van der Waals surface area contributed by atoms with E-state index in [0.29, 0.717) is 10.9 Å². The van der Waals surface area contributed by atoms with Crippen LogP contribution in [-0.4, -0.2) is 35.4 Å². The molecule has 1 unspecified atom stereocenters. The minimum Gasteiger partial charge on any atom is -0.359 e. The monoisotopic (exact) mass is 258 g/mol. The summed E-state index contributed by atoms with van der Waals surface area (Å²) in [7, 11) is 0. The van der Waals surface area contributed by atoms with Crippen molar-refractivity contribution in [3.63, 3.8) is 0 Å². The summed E-state index contributed by atoms with van der Waals surface area (Å²) in [6, 6.07) is 0. The minimum absolute atomic E-state index is 0.177. The average Bonchev–Trinajstić information content (AvgIpc) is 2.58. The predicted octanol–water partition coefficient (Wildman–Crippen LogP) is 2.75. The zero-order valence-corrected chi connectivity index (χ0v) is 9.88. The van der Waals surface area contributed by atoms with Crippen molar-refractivity contribution in [1.82, 2.24) is 5.32 Å². The van der Waals surface area contributed by atoms with E-state index in [9.17, 15) is 17.6 Å². The first-order valence-corrected chi connectivity index (χ1v) is 5.89. The topological polar surface area (TPSA) is 24.4 Å². The third-order valence-corrected chi connectivity index (χ3v) is 3.76. The van der Waals surface area contributed by atoms with Crippen LogP contribution in [0.25, 0.3) is 0 Å². The van der Waals surface area contributed by atoms with Crippen LogP contribution in [0.3, 0.4) is 0 Å². The van der Waals surface area contributed by atoms with Crippen LogP contribution in [0.15, 0.2) is 4.99 Å². The van der Waals surface area contributed by atoms with Crippen LogP contribution in [0.1, 0.15) is 20.3 Å². The fraction of sp³-hybridized carbons (Fsp3) is 0.889. The number of hydrogen-bond donors (Lipinski definition) is 1. The van der Waals surface area contributed by atoms with Gasteiger partial charge in [-0.2, -0.15) is 8.78 Å². The van der Waals surface area contributed by atoms with Crippen LogP contribution >= 0.6 is 11.8 Å². The third kappa shape index (κ3) is 3.26. The molecule has 1 heterocycles. The number of hydrogen-bond acceptors (Lipinski definition) is 2. The maximum atomic E-state index is 12.6. The molecule has 1 aliphatic heterocycles. The molecule has 1 atom stereocenters. The van der Waals surface area contributed by atoms with E-state index >= 15 is 0 Å². The second kappa shape index (κ2) is 4.81. The molecule has 0 aromatic carbocycles. The highest BCUT2D eigenvalue weighted by molar-refractivity contribution is 8.14. The smallest absolute Gasteiger partial charge is 0.326 e. The molecule has 0 spiro atoms. The summed E-state index contributed by atoms with van der Waals surface area (Å²) in [6.07, 6.45) is -2.84. The third-order valence-electron chi connectivity index (χ3n) is 2.47. The second-order valence-electron chi connectivity index (χ2n) is 4.01. The van der Waals surface area contributed by atoms with Crippen molar-refractivity contribution in [1.29, 1.82) is 0 Å². The van der Waals surface area contributed by atoms with Gasteiger partial charge in [-0.05, 0) is 13.3 Å². The number of aliphatic imine (C=N–C) groups is 1. The normalized spacial score (nSPS) is 28.8. The lowest BCUT2D eigenvalue weighted by Crippen LogP contribution is -2.40. The molecule has 1 N–H and O–H groups in total. The lowest BCUT2D eigenvalue weighted by atomic mass is 10.0. The van der Waals surface area contributed by atoms with E-state index in [2.05, 4.69) is 10.3 Å². The van der Waals surface area contributed by atoms with E-state index in [1.807, 2.05) is 13.8 Å². The first-order chi connectivity index (χ1) is 7.29. The molecule has 2 nitrogen and oxygen atoms in total. The predicted molar refractivity (Wildman–Crippen MR) is 57.5 cm³/mol. The van der Waals surface area contributed by atoms with Gasteiger partial charge in [0.15, 0.2) is 5.17 Å². The first-order valence-electron chi connectivity index (χ1n) is 4.90. The molecule has 0 amide bonds. The highest BCUT2D eigenvalue weighted by Gasteiger charge is 2.41. The molecule has 94 valence electrons. The van der Waals surface area contributed by atoms with Crippen molar-refractivity contribution < 1.29 is 17.6 Å². The van der Waals surface area contributed by atoms with Gasteiger partial charge >= 0.3 is 12.3 Å². The zero-order chi connectivity index (χ0) is 12.4. The molecule has 0 aromatic heterocycles. The van der Waals surface area contributed by atoms with Crippen molar-refractivity contribution >= 4 is 16.9 Å². The molecule has 1 rings (SSSR count). The summed E-state index contributed by atoms with van der Waals surface area (Å²) in [6.45, 7) is 2.73. The number of halogens is 4. The van der Waals surface area contributed by atoms with Gasteiger partial charge in [0.05, 0.1) is 0 Å². The molecule has 1 fully saturated rings. The minimum atomic E-state index is -4.04. The van der Waals surface area contributed by atoms with Gasteiger partial charge in [0.2, 0.25) is 0 Å². The Morgan fingerprint density at radius 1 is 1.56 bits per heavy atom. The molecule has 0 saturated carbocycles. The Bertz CT molecular complexity index is 283. The van der Waals surface area contributed by atoms with Crippen LogP contribution in [-0.2, 0) is 0 Å². The summed E-state index contributed by atoms with van der Waals surface area (Å²) in [5, 5.41) is 3.29. The van der Waals surface area contributed by atoms with Crippen molar-refractivity contribution in [3.8, 4) is 0 Å². The maximum Gasteiger partial charge on any atom is 0.326 e. The van der Waals surface area contributed by atoms with E-state index in [-0.39, 0.29) is 5.54 Å². The lowest BCUT2D eigenvalue weighted by Gasteiger charge is -2.21. The summed E-state index contributed by atoms with van der Waals surface area (Å²) >= 11 is 1.29. The van der Waals surface area contributed by atoms with Gasteiger partial charge in [-0.3, -0.25) is 4.99 Å². The van der Waals surface area contributed by atoms with Gasteiger partial charge in [-0.1, -0.05) is 18.7 Å². The Morgan fingerprint density at radius 3 is 2.62 bits per heavy atom. The fourth-order valence-electron chi connectivity index (χ4n) is 1.08. The van der Waals surface area contributed by atoms with Crippen LogP contribution in [0.4, 0.5) is 17.6 Å². The maximum absolute atomic E-state index is 12.6. The SMILES string of the molecule is CCC1(C)CSC(=NCC(F)(F)C(F)F)N1. The lowest BCUT2D eigenvalue weighted by molar-refractivity contribution is -0.119. The van der Waals surface area contributed by atoms with Crippen molar-refractivity contribution in [2.75, 3.05) is 12.3 Å².